The summed E-state index contributed by atoms with van der Waals surface area (Å²) in [6.07, 6.45) is 0. The summed E-state index contributed by atoms with van der Waals surface area (Å²) >= 11 is 8.66. The van der Waals surface area contributed by atoms with E-state index in [0.717, 1.165) is 0 Å². The topological polar surface area (TPSA) is 43.4 Å². The van der Waals surface area contributed by atoms with Crippen molar-refractivity contribution in [3.05, 3.63) is 0 Å². The molecule has 3 nitrogen and oxygen atoms in total. The fourth-order valence-corrected chi connectivity index (χ4v) is 0.230. The van der Waals surface area contributed by atoms with Crippen LogP contribution in [0.4, 0.5) is 0 Å². The van der Waals surface area contributed by atoms with E-state index in [1.807, 2.05) is 0 Å². The molecule has 0 aliphatic carbocycles. The number of carbonyl (C=O) groups excluding carboxylic acids is 2. The SMILES string of the molecule is C.C.CC(=O)Cl.CC(=O)OCCl.[Cl][Zn][Cl].[F-]. The molecule has 0 saturated heterocycles. The van der Waals surface area contributed by atoms with Crippen LogP contribution in [0.2, 0.25) is 0 Å². The van der Waals surface area contributed by atoms with Crippen molar-refractivity contribution in [3.63, 3.8) is 0 Å². The maximum Gasteiger partial charge on any atom is -1.00 e. The normalized spacial score (nSPS) is 5.12. The second kappa shape index (κ2) is 36.0. The average Bonchev–Trinajstić information content (AvgIpc) is 1.86. The van der Waals surface area contributed by atoms with Crippen LogP contribution in [0.3, 0.4) is 0 Å². The molecule has 16 heavy (non-hydrogen) atoms. The van der Waals surface area contributed by atoms with Crippen LogP contribution in [0, 0.1) is 0 Å². The minimum Gasteiger partial charge on any atom is -1.00 e. The Hall–Kier alpha value is 0.853. The Labute approximate surface area is 122 Å². The summed E-state index contributed by atoms with van der Waals surface area (Å²) in [7, 11) is 9.90. The molecule has 0 aliphatic rings. The molecule has 0 saturated carbocycles. The largest absolute Gasteiger partial charge is 1.00 e. The molecular formula is C7H16Cl4FO3Zn-. The molecule has 9 heteroatoms. The molecule has 0 aromatic rings. The monoisotopic (exact) mass is 371 g/mol. The van der Waals surface area contributed by atoms with E-state index >= 15 is 0 Å². The van der Waals surface area contributed by atoms with Crippen molar-refractivity contribution in [3.8, 4) is 0 Å². The summed E-state index contributed by atoms with van der Waals surface area (Å²) in [4.78, 5) is 18.9. The molecular weight excluding hydrogens is 358 g/mol. The van der Waals surface area contributed by atoms with Gasteiger partial charge in [0.25, 0.3) is 0 Å². The first-order valence-corrected chi connectivity index (χ1v) is 11.6. The average molecular weight is 374 g/mol. The molecule has 0 spiro atoms. The maximum atomic E-state index is 9.74. The molecule has 0 unspecified atom stereocenters. The van der Waals surface area contributed by atoms with Crippen molar-refractivity contribution in [2.24, 2.45) is 0 Å². The second-order valence-corrected chi connectivity index (χ2v) is 6.69. The van der Waals surface area contributed by atoms with Gasteiger partial charge in [-0.1, -0.05) is 26.5 Å². The summed E-state index contributed by atoms with van der Waals surface area (Å²) in [6.45, 7) is 2.60. The van der Waals surface area contributed by atoms with Gasteiger partial charge >= 0.3 is 40.5 Å². The predicted molar refractivity (Wildman–Crippen MR) is 64.2 cm³/mol. The fourth-order valence-electron chi connectivity index (χ4n) is 0.0768. The Bertz CT molecular complexity index is 137. The zero-order chi connectivity index (χ0) is 11.3. The standard InChI is InChI=1S/C3H5ClO2.C2H3ClO.2CH4.2ClH.FH.Zn/c1-3(5)6-2-4;1-2(3)4;;;;;;/h2H2,1H3;1H3;2*1H4;3*1H;/q;;;;;;;+2/p-3. The molecule has 0 bridgehead atoms. The first-order valence-electron chi connectivity index (χ1n) is 2.89. The van der Waals surface area contributed by atoms with Gasteiger partial charge in [-0.2, -0.15) is 0 Å². The van der Waals surface area contributed by atoms with E-state index in [1.54, 1.807) is 0 Å². The Morgan fingerprint density at radius 1 is 1.19 bits per heavy atom. The van der Waals surface area contributed by atoms with E-state index in [4.69, 9.17) is 31.0 Å². The van der Waals surface area contributed by atoms with Crippen molar-refractivity contribution in [1.82, 2.24) is 0 Å². The second-order valence-electron chi connectivity index (χ2n) is 1.32. The number of esters is 1. The van der Waals surface area contributed by atoms with Crippen LogP contribution in [0.25, 0.3) is 0 Å². The van der Waals surface area contributed by atoms with Gasteiger partial charge in [-0.25, -0.2) is 0 Å². The molecule has 0 heterocycles. The van der Waals surface area contributed by atoms with Gasteiger partial charge in [0.15, 0.2) is 6.07 Å². The molecule has 100 valence electrons. The molecule has 0 aliphatic heterocycles. The van der Waals surface area contributed by atoms with Gasteiger partial charge in [0.05, 0.1) is 0 Å². The van der Waals surface area contributed by atoms with E-state index in [2.05, 4.69) is 16.3 Å². The zero-order valence-electron chi connectivity index (χ0n) is 7.53. The zero-order valence-corrected chi connectivity index (χ0v) is 13.5. The van der Waals surface area contributed by atoms with Gasteiger partial charge in [-0.3, -0.25) is 9.59 Å². The molecule has 0 aromatic carbocycles. The van der Waals surface area contributed by atoms with E-state index in [-0.39, 0.29) is 36.8 Å². The summed E-state index contributed by atoms with van der Waals surface area (Å²) in [5.41, 5.74) is 0. The quantitative estimate of drug-likeness (QED) is 0.300. The van der Waals surface area contributed by atoms with Gasteiger partial charge in [0.2, 0.25) is 5.24 Å². The van der Waals surface area contributed by atoms with Crippen molar-refractivity contribution >= 4 is 53.8 Å². The molecule has 0 amide bonds. The van der Waals surface area contributed by atoms with Gasteiger partial charge in [-0.15, -0.1) is 0 Å². The predicted octanol–water partition coefficient (Wildman–Crippen LogP) is 1.17. The first-order chi connectivity index (χ1) is 5.92. The molecule has 0 rings (SSSR count). The Balaban J connectivity index is -0.0000000226. The van der Waals surface area contributed by atoms with Gasteiger partial charge in [0, 0.05) is 13.8 Å². The summed E-state index contributed by atoms with van der Waals surface area (Å²) in [5.74, 6) is -0.343. The third-order valence-electron chi connectivity index (χ3n) is 0.258. The minimum absolute atomic E-state index is 0. The molecule has 0 fully saturated rings. The van der Waals surface area contributed by atoms with Gasteiger partial charge in [0.1, 0.15) is 0 Å². The molecule has 0 N–H and O–H groups in total. The number of alkyl halides is 1. The van der Waals surface area contributed by atoms with Crippen LogP contribution in [-0.2, 0) is 29.5 Å². The van der Waals surface area contributed by atoms with E-state index in [9.17, 15) is 9.59 Å². The molecule has 0 atom stereocenters. The fraction of sp³-hybridized carbons (Fsp3) is 0.714. The summed E-state index contributed by atoms with van der Waals surface area (Å²) in [6, 6.07) is -0.0463. The van der Waals surface area contributed by atoms with Gasteiger partial charge < -0.3 is 9.44 Å². The Morgan fingerprint density at radius 3 is 1.38 bits per heavy atom. The van der Waals surface area contributed by atoms with Crippen LogP contribution in [0.5, 0.6) is 0 Å². The third kappa shape index (κ3) is 192. The number of carbonyl (C=O) groups is 2. The van der Waals surface area contributed by atoms with Crippen LogP contribution < -0.4 is 4.70 Å². The van der Waals surface area contributed by atoms with Crippen LogP contribution >= 0.6 is 42.6 Å². The van der Waals surface area contributed by atoms with Crippen molar-refractivity contribution < 1.29 is 34.2 Å². The summed E-state index contributed by atoms with van der Waals surface area (Å²) < 4.78 is 4.17. The smallest absolute Gasteiger partial charge is 1.00 e. The first kappa shape index (κ1) is 36.0. The molecule has 0 radical (unpaired) electrons. The van der Waals surface area contributed by atoms with Gasteiger partial charge in [-0.05, 0) is 11.6 Å². The Morgan fingerprint density at radius 2 is 1.38 bits per heavy atom. The van der Waals surface area contributed by atoms with E-state index in [0.29, 0.717) is 0 Å². The summed E-state index contributed by atoms with van der Waals surface area (Å²) in [5, 5.41) is -0.361. The van der Waals surface area contributed by atoms with E-state index < -0.39 is 15.1 Å². The third-order valence-corrected chi connectivity index (χ3v) is 0.367. The van der Waals surface area contributed by atoms with Crippen molar-refractivity contribution in [2.45, 2.75) is 28.7 Å². The number of rotatable bonds is 1. The van der Waals surface area contributed by atoms with Crippen molar-refractivity contribution in [1.29, 1.82) is 0 Å². The van der Waals surface area contributed by atoms with Crippen molar-refractivity contribution in [2.75, 3.05) is 6.07 Å². The van der Waals surface area contributed by atoms with Crippen LogP contribution in [0.15, 0.2) is 0 Å². The number of hydrogen-bond donors (Lipinski definition) is 0. The number of hydrogen-bond acceptors (Lipinski definition) is 3. The van der Waals surface area contributed by atoms with Crippen LogP contribution in [-0.4, -0.2) is 17.3 Å². The maximum absolute atomic E-state index is 9.74. The number of halogens is 5. The van der Waals surface area contributed by atoms with E-state index in [1.165, 1.54) is 13.8 Å². The number of ether oxygens (including phenoxy) is 1. The minimum atomic E-state index is -0.931. The Kier molecular flexibility index (Phi) is 81.0. The molecule has 0 aromatic heterocycles. The van der Waals surface area contributed by atoms with Crippen LogP contribution in [0.1, 0.15) is 28.7 Å².